The first-order valence-electron chi connectivity index (χ1n) is 16.0. The maximum atomic E-state index is 12.1. The number of anilines is 2. The van der Waals surface area contributed by atoms with Crippen molar-refractivity contribution in [2.75, 3.05) is 23.8 Å². The van der Waals surface area contributed by atoms with Gasteiger partial charge in [0.05, 0.1) is 55.1 Å². The van der Waals surface area contributed by atoms with Crippen LogP contribution in [-0.4, -0.2) is 87.5 Å². The van der Waals surface area contributed by atoms with Crippen LogP contribution in [-0.2, 0) is 52.7 Å². The summed E-state index contributed by atoms with van der Waals surface area (Å²) < 4.78 is 15.9. The quantitative estimate of drug-likeness (QED) is 0.171. The molecule has 18 nitrogen and oxygen atoms in total. The van der Waals surface area contributed by atoms with Crippen molar-refractivity contribution >= 4 is 76.8 Å². The van der Waals surface area contributed by atoms with E-state index in [1.165, 1.54) is 20.8 Å². The molecule has 0 unspecified atom stereocenters. The molecule has 0 radical (unpaired) electrons. The van der Waals surface area contributed by atoms with Crippen molar-refractivity contribution in [3.63, 3.8) is 0 Å². The van der Waals surface area contributed by atoms with E-state index in [2.05, 4.69) is 10.6 Å². The van der Waals surface area contributed by atoms with E-state index in [9.17, 15) is 24.3 Å². The van der Waals surface area contributed by atoms with E-state index in [1.54, 1.807) is 64.1 Å². The molecule has 2 aromatic carbocycles. The number of carboxylic acids is 1. The molecule has 56 heavy (non-hydrogen) atoms. The Morgan fingerprint density at radius 2 is 0.964 bits per heavy atom. The van der Waals surface area contributed by atoms with Gasteiger partial charge in [0, 0.05) is 17.0 Å². The predicted molar refractivity (Wildman–Crippen MR) is 197 cm³/mol. The van der Waals surface area contributed by atoms with Gasteiger partial charge < -0.3 is 40.2 Å². The lowest BCUT2D eigenvalue weighted by atomic mass is 10.0. The number of hydrogen-bond donors (Lipinski definition) is 5. The minimum atomic E-state index is -1.08. The molecule has 0 saturated carbocycles. The van der Waals surface area contributed by atoms with Gasteiger partial charge in [-0.05, 0) is 91.8 Å². The fourth-order valence-electron chi connectivity index (χ4n) is 3.73. The molecule has 0 aliphatic carbocycles. The van der Waals surface area contributed by atoms with E-state index in [4.69, 9.17) is 76.4 Å². The first-order chi connectivity index (χ1) is 25.7. The van der Waals surface area contributed by atoms with Gasteiger partial charge in [0.25, 0.3) is 0 Å². The number of halogens is 2. The summed E-state index contributed by atoms with van der Waals surface area (Å²) in [5.74, 6) is -0.871. The molecule has 0 bridgehead atoms. The Hall–Kier alpha value is -5.44. The summed E-state index contributed by atoms with van der Waals surface area (Å²) in [7, 11) is 0. The molecular weight excluding hydrogens is 787 g/mol. The van der Waals surface area contributed by atoms with Crippen molar-refractivity contribution in [3.8, 4) is 11.5 Å². The van der Waals surface area contributed by atoms with E-state index in [0.717, 1.165) is 0 Å². The SMILES string of the molecule is CC(C)(O)CC(=O)O.CCOc1ccc(Cl)cc1NC(=O)CC(C)(C)O.CCOc1ccc(Cl)cc1NC(=O)CC(C)(C)OC(C)=O.O=C=O.O=C=O.O=C=O. The Kier molecular flexibility index (Phi) is 31.5. The highest BCUT2D eigenvalue weighted by atomic mass is 35.5. The van der Waals surface area contributed by atoms with Crippen molar-refractivity contribution < 1.29 is 77.5 Å². The molecular formula is C36H48Cl2N2O16. The zero-order valence-electron chi connectivity index (χ0n) is 32.4. The largest absolute Gasteiger partial charge is 0.492 e. The highest BCUT2D eigenvalue weighted by Gasteiger charge is 2.26. The number of amides is 2. The van der Waals surface area contributed by atoms with Crippen molar-refractivity contribution in [2.45, 2.75) is 98.4 Å². The zero-order chi connectivity index (χ0) is 44.7. The number of rotatable bonds is 13. The Balaban J connectivity index is -0.000000347. The second-order valence-corrected chi connectivity index (χ2v) is 13.3. The second-order valence-electron chi connectivity index (χ2n) is 12.4. The first-order valence-corrected chi connectivity index (χ1v) is 16.8. The number of carbonyl (C=O) groups excluding carboxylic acids is 9. The topological polar surface area (TPSA) is 283 Å². The highest BCUT2D eigenvalue weighted by molar-refractivity contribution is 6.31. The van der Waals surface area contributed by atoms with Crippen LogP contribution in [0.1, 0.15) is 81.6 Å². The number of aliphatic hydroxyl groups is 2. The maximum absolute atomic E-state index is 12.1. The summed E-state index contributed by atoms with van der Waals surface area (Å²) >= 11 is 11.8. The maximum Gasteiger partial charge on any atom is 0.373 e. The molecule has 2 amide bonds. The third-order valence-corrected chi connectivity index (χ3v) is 5.68. The molecule has 2 rings (SSSR count). The lowest BCUT2D eigenvalue weighted by Crippen LogP contribution is -2.32. The molecule has 0 heterocycles. The Morgan fingerprint density at radius 1 is 0.643 bits per heavy atom. The van der Waals surface area contributed by atoms with E-state index >= 15 is 0 Å². The summed E-state index contributed by atoms with van der Waals surface area (Å²) in [6.45, 7) is 15.4. The molecule has 0 spiro atoms. The first kappa shape index (κ1) is 57.3. The average Bonchev–Trinajstić information content (AvgIpc) is 2.99. The van der Waals surface area contributed by atoms with Crippen LogP contribution in [0.3, 0.4) is 0 Å². The van der Waals surface area contributed by atoms with Gasteiger partial charge in [-0.2, -0.15) is 28.8 Å². The Morgan fingerprint density at radius 3 is 1.21 bits per heavy atom. The van der Waals surface area contributed by atoms with Crippen LogP contribution in [0.15, 0.2) is 36.4 Å². The molecule has 2 aromatic rings. The molecule has 0 aliphatic rings. The third-order valence-electron chi connectivity index (χ3n) is 5.21. The van der Waals surface area contributed by atoms with Crippen LogP contribution in [0.4, 0.5) is 11.4 Å². The molecule has 0 fully saturated rings. The molecule has 5 N–H and O–H groups in total. The third kappa shape index (κ3) is 36.9. The van der Waals surface area contributed by atoms with Gasteiger partial charge >= 0.3 is 30.4 Å². The number of carboxylic acid groups (broad SMARTS) is 1. The second kappa shape index (κ2) is 30.8. The Labute approximate surface area is 333 Å². The normalized spacial score (nSPS) is 9.73. The van der Waals surface area contributed by atoms with E-state index in [0.29, 0.717) is 46.1 Å². The van der Waals surface area contributed by atoms with Gasteiger partial charge in [-0.3, -0.25) is 19.2 Å². The number of ether oxygens (including phenoxy) is 3. The molecule has 0 aliphatic heterocycles. The average molecular weight is 836 g/mol. The van der Waals surface area contributed by atoms with E-state index in [1.807, 2.05) is 13.8 Å². The van der Waals surface area contributed by atoms with Crippen LogP contribution >= 0.6 is 23.2 Å². The number of aliphatic carboxylic acids is 1. The minimum absolute atomic E-state index is 0.00504. The molecule has 0 atom stereocenters. The molecule has 312 valence electrons. The summed E-state index contributed by atoms with van der Waals surface area (Å²) in [4.78, 5) is 93.4. The van der Waals surface area contributed by atoms with Crippen LogP contribution < -0.4 is 20.1 Å². The van der Waals surface area contributed by atoms with Gasteiger partial charge in [0.15, 0.2) is 0 Å². The fourth-order valence-corrected chi connectivity index (χ4v) is 4.07. The monoisotopic (exact) mass is 834 g/mol. The summed E-state index contributed by atoms with van der Waals surface area (Å²) in [6, 6.07) is 10.0. The van der Waals surface area contributed by atoms with E-state index in [-0.39, 0.29) is 49.5 Å². The highest BCUT2D eigenvalue weighted by Crippen LogP contribution is 2.30. The van der Waals surface area contributed by atoms with Crippen molar-refractivity contribution in [2.24, 2.45) is 0 Å². The van der Waals surface area contributed by atoms with Crippen LogP contribution in [0.5, 0.6) is 11.5 Å². The van der Waals surface area contributed by atoms with Crippen molar-refractivity contribution in [3.05, 3.63) is 46.4 Å². The van der Waals surface area contributed by atoms with Crippen LogP contribution in [0.25, 0.3) is 0 Å². The summed E-state index contributed by atoms with van der Waals surface area (Å²) in [5.41, 5.74) is -1.99. The minimum Gasteiger partial charge on any atom is -0.492 e. The number of carbonyl (C=O) groups is 4. The number of hydrogen-bond acceptors (Lipinski definition) is 15. The fraction of sp³-hybridized carbons (Fsp3) is 0.472. The van der Waals surface area contributed by atoms with Crippen LogP contribution in [0.2, 0.25) is 10.0 Å². The standard InChI is InChI=1S/C15H20ClNO4.C13H18ClNO3.C5H10O3.3CO2/c1-5-20-13-7-6-11(16)8-12(13)17-14(19)9-15(3,4)21-10(2)18;1-4-18-11-6-5-9(14)7-10(11)15-12(16)8-13(2,3)17;1-5(2,8)3-4(6)7;3*2-1-3/h6-8H,5,9H2,1-4H3,(H,17,19);5-7,17H,4,8H2,1-3H3,(H,15,16);8H,3H2,1-2H3,(H,6,7);;;. The van der Waals surface area contributed by atoms with Crippen molar-refractivity contribution in [1.29, 1.82) is 0 Å². The molecule has 0 saturated heterocycles. The van der Waals surface area contributed by atoms with Crippen LogP contribution in [0, 0.1) is 0 Å². The summed E-state index contributed by atoms with van der Waals surface area (Å²) in [5, 5.41) is 32.9. The van der Waals surface area contributed by atoms with Gasteiger partial charge in [-0.25, -0.2) is 0 Å². The predicted octanol–water partition coefficient (Wildman–Crippen LogP) is 4.73. The smallest absolute Gasteiger partial charge is 0.373 e. The number of nitrogens with one attached hydrogen (secondary N) is 2. The number of esters is 1. The van der Waals surface area contributed by atoms with Crippen molar-refractivity contribution in [1.82, 2.24) is 0 Å². The molecule has 20 heteroatoms. The lowest BCUT2D eigenvalue weighted by Gasteiger charge is -2.24. The zero-order valence-corrected chi connectivity index (χ0v) is 33.9. The van der Waals surface area contributed by atoms with Gasteiger partial charge in [-0.1, -0.05) is 23.2 Å². The molecule has 0 aromatic heterocycles. The van der Waals surface area contributed by atoms with Gasteiger partial charge in [-0.15, -0.1) is 0 Å². The van der Waals surface area contributed by atoms with E-state index < -0.39 is 28.7 Å². The Bertz CT molecular complexity index is 1590. The van der Waals surface area contributed by atoms with Gasteiger partial charge in [0.2, 0.25) is 11.8 Å². The van der Waals surface area contributed by atoms with Gasteiger partial charge in [0.1, 0.15) is 17.1 Å². The lowest BCUT2D eigenvalue weighted by molar-refractivity contribution is -0.193. The number of benzene rings is 2. The summed E-state index contributed by atoms with van der Waals surface area (Å²) in [6.07, 6.45) is 0.586.